The number of amides is 2. The van der Waals surface area contributed by atoms with Gasteiger partial charge in [0.1, 0.15) is 17.7 Å². The lowest BCUT2D eigenvalue weighted by atomic mass is 10.0. The van der Waals surface area contributed by atoms with Crippen molar-refractivity contribution in [3.05, 3.63) is 82.0 Å². The molecule has 3 aromatic carbocycles. The molecule has 0 radical (unpaired) electrons. The van der Waals surface area contributed by atoms with Gasteiger partial charge in [0.2, 0.25) is 5.91 Å². The Balaban J connectivity index is 1.20. The van der Waals surface area contributed by atoms with Crippen LogP contribution < -0.4 is 16.4 Å². The number of nitrogen functional groups attached to an aromatic ring is 1. The van der Waals surface area contributed by atoms with Crippen molar-refractivity contribution < 1.29 is 9.59 Å². The summed E-state index contributed by atoms with van der Waals surface area (Å²) in [7, 11) is 0. The fourth-order valence-corrected chi connectivity index (χ4v) is 5.83. The number of nitrogens with one attached hydrogen (secondary N) is 4. The predicted molar refractivity (Wildman–Crippen MR) is 153 cm³/mol. The molecule has 1 unspecified atom stereocenters. The second-order valence-corrected chi connectivity index (χ2v) is 10.6. The van der Waals surface area contributed by atoms with Crippen molar-refractivity contribution in [2.24, 2.45) is 5.73 Å². The minimum atomic E-state index is -0.456. The Morgan fingerprint density at radius 2 is 1.74 bits per heavy atom. The van der Waals surface area contributed by atoms with Gasteiger partial charge >= 0.3 is 0 Å². The molecule has 4 aromatic rings. The Kier molecular flexibility index (Phi) is 7.11. The number of rotatable bonds is 7. The first kappa shape index (κ1) is 25.4. The van der Waals surface area contributed by atoms with Crippen LogP contribution in [0.1, 0.15) is 46.6 Å². The second-order valence-electron chi connectivity index (χ2n) is 9.62. The summed E-state index contributed by atoms with van der Waals surface area (Å²) in [5, 5.41) is 28.1. The molecule has 38 heavy (non-hydrogen) atoms. The SMILES string of the molecule is C[C@@H](NC(=O)C1CCCN1C(=N)CNC(=O)c1ccc2cc3ccccc3cc2c1)c1cc(C(=N)N)cs1. The van der Waals surface area contributed by atoms with Gasteiger partial charge in [-0.2, -0.15) is 0 Å². The van der Waals surface area contributed by atoms with Crippen LogP contribution in [0.15, 0.2) is 66.0 Å². The zero-order valence-electron chi connectivity index (χ0n) is 21.1. The summed E-state index contributed by atoms with van der Waals surface area (Å²) in [6.07, 6.45) is 1.45. The number of fused-ring (bicyclic) bond motifs is 2. The number of hydrogen-bond donors (Lipinski definition) is 5. The van der Waals surface area contributed by atoms with Gasteiger partial charge in [0.05, 0.1) is 12.6 Å². The molecule has 9 heteroatoms. The zero-order chi connectivity index (χ0) is 26.8. The third-order valence-electron chi connectivity index (χ3n) is 7.00. The Morgan fingerprint density at radius 1 is 1.03 bits per heavy atom. The van der Waals surface area contributed by atoms with Gasteiger partial charge in [-0.3, -0.25) is 20.4 Å². The number of carbonyl (C=O) groups excluding carboxylic acids is 2. The molecule has 1 fully saturated rings. The summed E-state index contributed by atoms with van der Waals surface area (Å²) in [5.74, 6) is -0.186. The molecule has 6 N–H and O–H groups in total. The molecular formula is C29H30N6O2S. The number of hydrogen-bond acceptors (Lipinski definition) is 5. The minimum absolute atomic E-state index is 0.000624. The zero-order valence-corrected chi connectivity index (χ0v) is 21.9. The van der Waals surface area contributed by atoms with Gasteiger partial charge in [-0.1, -0.05) is 30.3 Å². The first-order valence-electron chi connectivity index (χ1n) is 12.6. The van der Waals surface area contributed by atoms with Crippen LogP contribution in [0.5, 0.6) is 0 Å². The van der Waals surface area contributed by atoms with E-state index < -0.39 is 6.04 Å². The summed E-state index contributed by atoms with van der Waals surface area (Å²) in [6, 6.07) is 19.1. The molecule has 2 atom stereocenters. The molecule has 0 bridgehead atoms. The molecule has 1 aliphatic rings. The molecule has 1 aromatic heterocycles. The largest absolute Gasteiger partial charge is 0.384 e. The lowest BCUT2D eigenvalue weighted by molar-refractivity contribution is -0.125. The third kappa shape index (κ3) is 5.24. The first-order valence-corrected chi connectivity index (χ1v) is 13.5. The highest BCUT2D eigenvalue weighted by atomic mass is 32.1. The van der Waals surface area contributed by atoms with Crippen LogP contribution in [0.2, 0.25) is 0 Å². The van der Waals surface area contributed by atoms with Crippen LogP contribution in [0.4, 0.5) is 0 Å². The third-order valence-corrected chi connectivity index (χ3v) is 8.12. The number of amidine groups is 2. The van der Waals surface area contributed by atoms with Crippen molar-refractivity contribution in [1.29, 1.82) is 10.8 Å². The van der Waals surface area contributed by atoms with Crippen LogP contribution in [-0.2, 0) is 4.79 Å². The normalized spacial score (nSPS) is 15.9. The van der Waals surface area contributed by atoms with Crippen LogP contribution in [0.3, 0.4) is 0 Å². The number of benzene rings is 3. The highest BCUT2D eigenvalue weighted by Gasteiger charge is 2.33. The number of thiophene rings is 1. The van der Waals surface area contributed by atoms with E-state index in [2.05, 4.69) is 34.9 Å². The van der Waals surface area contributed by atoms with Gasteiger partial charge in [0.15, 0.2) is 0 Å². The van der Waals surface area contributed by atoms with Gasteiger partial charge in [-0.25, -0.2) is 0 Å². The summed E-state index contributed by atoms with van der Waals surface area (Å²) in [5.41, 5.74) is 6.73. The minimum Gasteiger partial charge on any atom is -0.384 e. The molecule has 1 saturated heterocycles. The molecule has 0 aliphatic carbocycles. The molecule has 0 saturated carbocycles. The number of likely N-dealkylation sites (tertiary alicyclic amines) is 1. The predicted octanol–water partition coefficient (Wildman–Crippen LogP) is 4.39. The fourth-order valence-electron chi connectivity index (χ4n) is 4.91. The molecule has 8 nitrogen and oxygen atoms in total. The van der Waals surface area contributed by atoms with Gasteiger partial charge < -0.3 is 21.3 Å². The second kappa shape index (κ2) is 10.6. The van der Waals surface area contributed by atoms with Crippen molar-refractivity contribution in [2.75, 3.05) is 13.1 Å². The van der Waals surface area contributed by atoms with E-state index in [1.54, 1.807) is 16.3 Å². The summed E-state index contributed by atoms with van der Waals surface area (Å²) < 4.78 is 0. The highest BCUT2D eigenvalue weighted by molar-refractivity contribution is 7.10. The van der Waals surface area contributed by atoms with E-state index in [0.717, 1.165) is 32.8 Å². The van der Waals surface area contributed by atoms with Crippen molar-refractivity contribution in [1.82, 2.24) is 15.5 Å². The lowest BCUT2D eigenvalue weighted by Gasteiger charge is -2.27. The molecule has 5 rings (SSSR count). The van der Waals surface area contributed by atoms with E-state index >= 15 is 0 Å². The fraction of sp³-hybridized carbons (Fsp3) is 0.241. The van der Waals surface area contributed by atoms with Crippen LogP contribution in [0, 0.1) is 10.8 Å². The van der Waals surface area contributed by atoms with E-state index in [9.17, 15) is 9.59 Å². The van der Waals surface area contributed by atoms with Gasteiger partial charge in [0.25, 0.3) is 5.91 Å². The quantitative estimate of drug-likeness (QED) is 0.139. The maximum absolute atomic E-state index is 13.1. The molecule has 194 valence electrons. The molecular weight excluding hydrogens is 496 g/mol. The van der Waals surface area contributed by atoms with Crippen LogP contribution >= 0.6 is 11.3 Å². The maximum atomic E-state index is 13.1. The average Bonchev–Trinajstić information content (AvgIpc) is 3.61. The van der Waals surface area contributed by atoms with Crippen LogP contribution in [-0.4, -0.2) is 47.5 Å². The molecule has 2 heterocycles. The molecule has 0 spiro atoms. The van der Waals surface area contributed by atoms with E-state index in [1.165, 1.54) is 11.3 Å². The highest BCUT2D eigenvalue weighted by Crippen LogP contribution is 2.25. The van der Waals surface area contributed by atoms with E-state index in [1.807, 2.05) is 37.3 Å². The van der Waals surface area contributed by atoms with Gasteiger partial charge in [0, 0.05) is 27.9 Å². The smallest absolute Gasteiger partial charge is 0.251 e. The van der Waals surface area contributed by atoms with Crippen molar-refractivity contribution in [2.45, 2.75) is 31.8 Å². The van der Waals surface area contributed by atoms with Gasteiger partial charge in [-0.15, -0.1) is 11.3 Å². The molecule has 2 amide bonds. The Hall–Kier alpha value is -4.24. The van der Waals surface area contributed by atoms with E-state index in [-0.39, 0.29) is 36.1 Å². The lowest BCUT2D eigenvalue weighted by Crippen LogP contribution is -2.49. The number of carbonyl (C=O) groups is 2. The number of nitrogens with zero attached hydrogens (tertiary/aromatic N) is 1. The number of nitrogens with two attached hydrogens (primary N) is 1. The van der Waals surface area contributed by atoms with E-state index in [0.29, 0.717) is 24.1 Å². The summed E-state index contributed by atoms with van der Waals surface area (Å²) in [4.78, 5) is 28.7. The Bertz CT molecular complexity index is 1560. The Labute approximate surface area is 224 Å². The van der Waals surface area contributed by atoms with Crippen molar-refractivity contribution >= 4 is 56.4 Å². The maximum Gasteiger partial charge on any atom is 0.251 e. The topological polar surface area (TPSA) is 135 Å². The summed E-state index contributed by atoms with van der Waals surface area (Å²) >= 11 is 1.45. The van der Waals surface area contributed by atoms with Gasteiger partial charge in [-0.05, 0) is 71.6 Å². The van der Waals surface area contributed by atoms with Crippen molar-refractivity contribution in [3.8, 4) is 0 Å². The molecule has 1 aliphatic heterocycles. The Morgan fingerprint density at radius 3 is 2.45 bits per heavy atom. The summed E-state index contributed by atoms with van der Waals surface area (Å²) in [6.45, 7) is 2.53. The van der Waals surface area contributed by atoms with E-state index in [4.69, 9.17) is 16.6 Å². The van der Waals surface area contributed by atoms with Crippen molar-refractivity contribution in [3.63, 3.8) is 0 Å². The monoisotopic (exact) mass is 526 g/mol. The first-order chi connectivity index (χ1) is 18.3. The standard InChI is InChI=1S/C29H30N6O2S/c1-17(25-14-23(16-38-25)27(31)32)34-29(37)24-7-4-10-35(24)26(30)15-33-28(36)21-9-8-20-11-18-5-2-3-6-19(18)12-22(20)13-21/h2-3,5-6,8-9,11-14,16-17,24,30H,4,7,10,15H2,1H3,(H3,31,32)(H,33,36)(H,34,37)/t17-,24?/m1/s1. The van der Waals surface area contributed by atoms with Crippen LogP contribution in [0.25, 0.3) is 21.5 Å². The average molecular weight is 527 g/mol.